The number of rotatable bonds is 5. The number of carbonyl (C=O) groups is 2. The predicted molar refractivity (Wildman–Crippen MR) is 110 cm³/mol. The summed E-state index contributed by atoms with van der Waals surface area (Å²) in [6.07, 6.45) is 0. The SMILES string of the molecule is Cc1ccc(C(=O)N[C@H](C(=O)Nc2nc3c(C)cccc3s2)C(C)C)cc1. The molecule has 0 unspecified atom stereocenters. The molecule has 0 aliphatic rings. The van der Waals surface area contributed by atoms with E-state index < -0.39 is 6.04 Å². The van der Waals surface area contributed by atoms with Gasteiger partial charge in [-0.3, -0.25) is 9.59 Å². The number of hydrogen-bond acceptors (Lipinski definition) is 4. The highest BCUT2D eigenvalue weighted by molar-refractivity contribution is 7.22. The fraction of sp³-hybridized carbons (Fsp3) is 0.286. The quantitative estimate of drug-likeness (QED) is 0.692. The van der Waals surface area contributed by atoms with Crippen molar-refractivity contribution in [1.82, 2.24) is 10.3 Å². The van der Waals surface area contributed by atoms with Crippen LogP contribution < -0.4 is 10.6 Å². The molecule has 2 N–H and O–H groups in total. The molecular formula is C21H23N3O2S. The number of nitrogens with one attached hydrogen (secondary N) is 2. The Bertz CT molecular complexity index is 977. The molecule has 1 heterocycles. The minimum Gasteiger partial charge on any atom is -0.340 e. The molecule has 0 fully saturated rings. The highest BCUT2D eigenvalue weighted by atomic mass is 32.1. The minimum atomic E-state index is -0.646. The number of anilines is 1. The first kappa shape index (κ1) is 19.0. The van der Waals surface area contributed by atoms with Crippen LogP contribution in [0.25, 0.3) is 10.2 Å². The second-order valence-corrected chi connectivity index (χ2v) is 8.02. The molecule has 140 valence electrons. The first-order valence-corrected chi connectivity index (χ1v) is 9.71. The van der Waals surface area contributed by atoms with Crippen LogP contribution in [0, 0.1) is 19.8 Å². The van der Waals surface area contributed by atoms with Crippen molar-refractivity contribution < 1.29 is 9.59 Å². The van der Waals surface area contributed by atoms with Gasteiger partial charge in [0, 0.05) is 5.56 Å². The van der Waals surface area contributed by atoms with Gasteiger partial charge >= 0.3 is 0 Å². The van der Waals surface area contributed by atoms with Gasteiger partial charge < -0.3 is 10.6 Å². The van der Waals surface area contributed by atoms with Gasteiger partial charge in [0.2, 0.25) is 5.91 Å². The molecule has 27 heavy (non-hydrogen) atoms. The molecule has 0 aliphatic carbocycles. The van der Waals surface area contributed by atoms with E-state index in [1.54, 1.807) is 12.1 Å². The molecular weight excluding hydrogens is 358 g/mol. The number of amides is 2. The maximum Gasteiger partial charge on any atom is 0.251 e. The van der Waals surface area contributed by atoms with E-state index in [1.165, 1.54) is 11.3 Å². The van der Waals surface area contributed by atoms with E-state index in [2.05, 4.69) is 15.6 Å². The highest BCUT2D eigenvalue weighted by Crippen LogP contribution is 2.28. The van der Waals surface area contributed by atoms with E-state index >= 15 is 0 Å². The molecule has 2 amide bonds. The monoisotopic (exact) mass is 381 g/mol. The second kappa shape index (κ2) is 7.88. The van der Waals surface area contributed by atoms with Crippen LogP contribution in [0.3, 0.4) is 0 Å². The molecule has 1 atom stereocenters. The highest BCUT2D eigenvalue weighted by Gasteiger charge is 2.25. The Balaban J connectivity index is 1.75. The lowest BCUT2D eigenvalue weighted by Gasteiger charge is -2.21. The summed E-state index contributed by atoms with van der Waals surface area (Å²) in [6, 6.07) is 12.6. The van der Waals surface area contributed by atoms with E-state index in [4.69, 9.17) is 0 Å². The Kier molecular flexibility index (Phi) is 5.56. The Labute approximate surface area is 162 Å². The number of thiazole rings is 1. The van der Waals surface area contributed by atoms with E-state index in [-0.39, 0.29) is 17.7 Å². The molecule has 0 spiro atoms. The third kappa shape index (κ3) is 4.34. The lowest BCUT2D eigenvalue weighted by atomic mass is 10.0. The van der Waals surface area contributed by atoms with Crippen molar-refractivity contribution in [1.29, 1.82) is 0 Å². The molecule has 0 bridgehead atoms. The topological polar surface area (TPSA) is 71.1 Å². The van der Waals surface area contributed by atoms with Crippen LogP contribution >= 0.6 is 11.3 Å². The maximum atomic E-state index is 12.8. The van der Waals surface area contributed by atoms with Crippen molar-refractivity contribution in [2.75, 3.05) is 5.32 Å². The van der Waals surface area contributed by atoms with E-state index in [0.717, 1.165) is 21.3 Å². The number of fused-ring (bicyclic) bond motifs is 1. The van der Waals surface area contributed by atoms with Gasteiger partial charge in [-0.05, 0) is 43.5 Å². The lowest BCUT2D eigenvalue weighted by molar-refractivity contribution is -0.118. The number of nitrogens with zero attached hydrogens (tertiary/aromatic N) is 1. The average molecular weight is 382 g/mol. The Morgan fingerprint density at radius 3 is 2.37 bits per heavy atom. The molecule has 0 saturated heterocycles. The average Bonchev–Trinajstić information content (AvgIpc) is 3.03. The lowest BCUT2D eigenvalue weighted by Crippen LogP contribution is -2.47. The van der Waals surface area contributed by atoms with Crippen LogP contribution in [0.1, 0.15) is 35.3 Å². The first-order chi connectivity index (χ1) is 12.8. The molecule has 6 heteroatoms. The van der Waals surface area contributed by atoms with Gasteiger partial charge in [-0.15, -0.1) is 0 Å². The first-order valence-electron chi connectivity index (χ1n) is 8.89. The summed E-state index contributed by atoms with van der Waals surface area (Å²) in [6.45, 7) is 7.77. The van der Waals surface area contributed by atoms with Gasteiger partial charge in [-0.2, -0.15) is 0 Å². The molecule has 0 radical (unpaired) electrons. The van der Waals surface area contributed by atoms with Crippen molar-refractivity contribution in [2.45, 2.75) is 33.7 Å². The van der Waals surface area contributed by atoms with Crippen molar-refractivity contribution in [2.24, 2.45) is 5.92 Å². The second-order valence-electron chi connectivity index (χ2n) is 6.99. The molecule has 1 aromatic heterocycles. The maximum absolute atomic E-state index is 12.8. The zero-order valence-electron chi connectivity index (χ0n) is 15.9. The van der Waals surface area contributed by atoms with Crippen LogP contribution in [-0.2, 0) is 4.79 Å². The number of aryl methyl sites for hydroxylation is 2. The smallest absolute Gasteiger partial charge is 0.251 e. The normalized spacial score (nSPS) is 12.2. The largest absolute Gasteiger partial charge is 0.340 e. The number of carbonyl (C=O) groups excluding carboxylic acids is 2. The van der Waals surface area contributed by atoms with E-state index in [9.17, 15) is 9.59 Å². The summed E-state index contributed by atoms with van der Waals surface area (Å²) < 4.78 is 1.02. The number of para-hydroxylation sites is 1. The van der Waals surface area contributed by atoms with Gasteiger partial charge in [0.15, 0.2) is 5.13 Å². The van der Waals surface area contributed by atoms with Crippen LogP contribution in [0.2, 0.25) is 0 Å². The molecule has 3 aromatic rings. The Hall–Kier alpha value is -2.73. The van der Waals surface area contributed by atoms with Crippen molar-refractivity contribution in [3.63, 3.8) is 0 Å². The zero-order valence-corrected chi connectivity index (χ0v) is 16.7. The Morgan fingerprint density at radius 1 is 1.04 bits per heavy atom. The van der Waals surface area contributed by atoms with Gasteiger partial charge in [-0.1, -0.05) is 55.0 Å². The van der Waals surface area contributed by atoms with Crippen molar-refractivity contribution in [3.05, 3.63) is 59.2 Å². The minimum absolute atomic E-state index is 0.0597. The van der Waals surface area contributed by atoms with Gasteiger partial charge in [0.05, 0.1) is 10.2 Å². The van der Waals surface area contributed by atoms with Crippen molar-refractivity contribution in [3.8, 4) is 0 Å². The molecule has 0 aliphatic heterocycles. The van der Waals surface area contributed by atoms with Crippen LogP contribution in [0.5, 0.6) is 0 Å². The van der Waals surface area contributed by atoms with E-state index in [0.29, 0.717) is 10.7 Å². The van der Waals surface area contributed by atoms with Crippen LogP contribution in [0.15, 0.2) is 42.5 Å². The van der Waals surface area contributed by atoms with Crippen LogP contribution in [0.4, 0.5) is 5.13 Å². The number of aromatic nitrogens is 1. The summed E-state index contributed by atoms with van der Waals surface area (Å²) in [5.74, 6) is -0.582. The summed E-state index contributed by atoms with van der Waals surface area (Å²) in [5, 5.41) is 6.24. The molecule has 5 nitrogen and oxygen atoms in total. The number of benzene rings is 2. The summed E-state index contributed by atoms with van der Waals surface area (Å²) in [7, 11) is 0. The van der Waals surface area contributed by atoms with Gasteiger partial charge in [0.1, 0.15) is 6.04 Å². The zero-order chi connectivity index (χ0) is 19.6. The molecule has 2 aromatic carbocycles. The molecule has 3 rings (SSSR count). The summed E-state index contributed by atoms with van der Waals surface area (Å²) in [4.78, 5) is 29.8. The summed E-state index contributed by atoms with van der Waals surface area (Å²) >= 11 is 1.43. The fourth-order valence-corrected chi connectivity index (χ4v) is 3.73. The third-order valence-corrected chi connectivity index (χ3v) is 5.34. The van der Waals surface area contributed by atoms with Gasteiger partial charge in [-0.25, -0.2) is 4.98 Å². The standard InChI is InChI=1S/C21H23N3O2S/c1-12(2)17(22-19(25)15-10-8-13(3)9-11-15)20(26)24-21-23-18-14(4)6-5-7-16(18)27-21/h5-12,17H,1-4H3,(H,22,25)(H,23,24,26)/t17-/m0/s1. The van der Waals surface area contributed by atoms with Gasteiger partial charge in [0.25, 0.3) is 5.91 Å². The van der Waals surface area contributed by atoms with Crippen molar-refractivity contribution >= 4 is 38.5 Å². The molecule has 0 saturated carbocycles. The fourth-order valence-electron chi connectivity index (χ4n) is 2.79. The Morgan fingerprint density at radius 2 is 1.74 bits per heavy atom. The van der Waals surface area contributed by atoms with E-state index in [1.807, 2.05) is 58.0 Å². The third-order valence-electron chi connectivity index (χ3n) is 4.40. The number of hydrogen-bond donors (Lipinski definition) is 2. The van der Waals surface area contributed by atoms with Crippen LogP contribution in [-0.4, -0.2) is 22.8 Å². The predicted octanol–water partition coefficient (Wildman–Crippen LogP) is 4.31. The summed E-state index contributed by atoms with van der Waals surface area (Å²) in [5.41, 5.74) is 3.57.